The van der Waals surface area contributed by atoms with E-state index in [2.05, 4.69) is 0 Å². The fourth-order valence-corrected chi connectivity index (χ4v) is 0. The first-order chi connectivity index (χ1) is 8.66. The second-order valence-corrected chi connectivity index (χ2v) is 2.54. The van der Waals surface area contributed by atoms with E-state index in [1.807, 2.05) is 0 Å². The second-order valence-electron chi connectivity index (χ2n) is 2.54. The van der Waals surface area contributed by atoms with Crippen LogP contribution < -0.4 is 10.2 Å². The number of hydrogen-bond donors (Lipinski definition) is 3. The van der Waals surface area contributed by atoms with E-state index in [0.717, 1.165) is 34.6 Å². The average molecular weight is 398 g/mol. The van der Waals surface area contributed by atoms with Crippen LogP contribution in [0.2, 0.25) is 0 Å². The Hall–Kier alpha value is -1.60. The van der Waals surface area contributed by atoms with Crippen molar-refractivity contribution in [2.45, 2.75) is 34.6 Å². The fraction of sp³-hybridized carbons (Fsp3) is 0.500. The van der Waals surface area contributed by atoms with Gasteiger partial charge in [0.15, 0.2) is 0 Å². The molecule has 0 radical (unpaired) electrons. The SMILES string of the molecule is CC(=O)O.CC(=O)O.CC(=O)O.CC(=O)[O-].CC(=O)[O-].P.[Zn+2]. The quantitative estimate of drug-likeness (QED) is 0.299. The van der Waals surface area contributed by atoms with Gasteiger partial charge in [-0.15, -0.1) is 0 Å². The van der Waals surface area contributed by atoms with Crippen molar-refractivity contribution >= 4 is 39.7 Å². The van der Waals surface area contributed by atoms with Crippen LogP contribution in [-0.4, -0.2) is 45.2 Å². The van der Waals surface area contributed by atoms with E-state index in [-0.39, 0.29) is 29.4 Å². The van der Waals surface area contributed by atoms with E-state index in [1.165, 1.54) is 0 Å². The first kappa shape index (κ1) is 42.8. The van der Waals surface area contributed by atoms with Crippen LogP contribution in [0.1, 0.15) is 34.6 Å². The van der Waals surface area contributed by atoms with Gasteiger partial charge in [0, 0.05) is 32.7 Å². The van der Waals surface area contributed by atoms with Gasteiger partial charge in [-0.3, -0.25) is 14.4 Å². The van der Waals surface area contributed by atoms with Crippen molar-refractivity contribution in [3.05, 3.63) is 0 Å². The van der Waals surface area contributed by atoms with Crippen molar-refractivity contribution in [1.82, 2.24) is 0 Å². The second kappa shape index (κ2) is 36.6. The molecule has 0 fully saturated rings. The minimum absolute atomic E-state index is 0. The Morgan fingerprint density at radius 1 is 0.591 bits per heavy atom. The Bertz CT molecular complexity index is 216. The molecular formula is C10H21O10PZn. The van der Waals surface area contributed by atoms with Gasteiger partial charge in [0.2, 0.25) is 0 Å². The zero-order chi connectivity index (χ0) is 17.9. The molecule has 22 heavy (non-hydrogen) atoms. The Kier molecular flexibility index (Phi) is 71.1. The minimum atomic E-state index is -1.08. The van der Waals surface area contributed by atoms with E-state index >= 15 is 0 Å². The summed E-state index contributed by atoms with van der Waals surface area (Å²) in [5, 5.41) is 40.0. The molecule has 0 rings (SSSR count). The van der Waals surface area contributed by atoms with Gasteiger partial charge in [0.05, 0.1) is 0 Å². The molecule has 0 bridgehead atoms. The first-order valence-electron chi connectivity index (χ1n) is 4.60. The van der Waals surface area contributed by atoms with Gasteiger partial charge in [-0.05, 0) is 13.8 Å². The Morgan fingerprint density at radius 3 is 0.591 bits per heavy atom. The Balaban J connectivity index is -0.0000000250. The number of aliphatic carboxylic acids is 5. The number of hydrogen-bond acceptors (Lipinski definition) is 7. The zero-order valence-electron chi connectivity index (χ0n) is 13.1. The average Bonchev–Trinajstić information content (AvgIpc) is 1.94. The molecule has 0 aromatic carbocycles. The van der Waals surface area contributed by atoms with Crippen LogP contribution in [0.3, 0.4) is 0 Å². The van der Waals surface area contributed by atoms with Crippen molar-refractivity contribution in [1.29, 1.82) is 0 Å². The molecule has 10 nitrogen and oxygen atoms in total. The smallest absolute Gasteiger partial charge is 0.550 e. The van der Waals surface area contributed by atoms with Crippen molar-refractivity contribution in [2.24, 2.45) is 0 Å². The van der Waals surface area contributed by atoms with Gasteiger partial charge in [0.1, 0.15) is 0 Å². The normalized spacial score (nSPS) is 5.68. The molecule has 0 aliphatic carbocycles. The third-order valence-corrected chi connectivity index (χ3v) is 0. The first-order valence-corrected chi connectivity index (χ1v) is 4.60. The third kappa shape index (κ3) is 2190. The predicted molar refractivity (Wildman–Crippen MR) is 72.4 cm³/mol. The number of carbonyl (C=O) groups is 5. The predicted octanol–water partition coefficient (Wildman–Crippen LogP) is -2.16. The molecule has 0 heterocycles. The fourth-order valence-electron chi connectivity index (χ4n) is 0. The molecule has 0 saturated carbocycles. The topological polar surface area (TPSA) is 192 Å². The molecule has 0 aromatic rings. The molecule has 1 unspecified atom stereocenters. The number of carboxylic acid groups (broad SMARTS) is 5. The Labute approximate surface area is 143 Å². The molecule has 1 atom stereocenters. The number of carboxylic acids is 5. The van der Waals surface area contributed by atoms with E-state index in [9.17, 15) is 0 Å². The molecular weight excluding hydrogens is 376 g/mol. The molecule has 3 N–H and O–H groups in total. The maximum absolute atomic E-state index is 9.00. The van der Waals surface area contributed by atoms with Crippen LogP contribution in [0.25, 0.3) is 0 Å². The van der Waals surface area contributed by atoms with Crippen LogP contribution in [0.4, 0.5) is 0 Å². The van der Waals surface area contributed by atoms with E-state index in [0.29, 0.717) is 0 Å². The summed E-state index contributed by atoms with van der Waals surface area (Å²) in [7, 11) is 0. The summed E-state index contributed by atoms with van der Waals surface area (Å²) in [5.74, 6) is -4.67. The van der Waals surface area contributed by atoms with Crippen LogP contribution in [0.15, 0.2) is 0 Å². The van der Waals surface area contributed by atoms with Crippen LogP contribution >= 0.6 is 9.90 Å². The standard InChI is InChI=1S/5C2H4O2.H3P.Zn/c5*1-2(3)4;;/h5*1H3,(H,3,4);1H3;/q;;;;;;+2/p-2. The van der Waals surface area contributed by atoms with Crippen LogP contribution in [-0.2, 0) is 43.5 Å². The third-order valence-electron chi connectivity index (χ3n) is 0. The summed E-state index contributed by atoms with van der Waals surface area (Å²) in [4.78, 5) is 44.8. The molecule has 0 amide bonds. The largest absolute Gasteiger partial charge is 2.00 e. The Morgan fingerprint density at radius 2 is 0.591 bits per heavy atom. The van der Waals surface area contributed by atoms with Gasteiger partial charge in [-0.2, -0.15) is 9.90 Å². The zero-order valence-corrected chi connectivity index (χ0v) is 17.5. The number of carbonyl (C=O) groups excluding carboxylic acids is 2. The number of rotatable bonds is 0. The maximum atomic E-state index is 9.00. The molecule has 0 aliphatic rings. The van der Waals surface area contributed by atoms with Gasteiger partial charge in [0.25, 0.3) is 17.9 Å². The van der Waals surface area contributed by atoms with Crippen molar-refractivity contribution < 1.29 is 69.0 Å². The van der Waals surface area contributed by atoms with E-state index in [4.69, 9.17) is 49.5 Å². The summed E-state index contributed by atoms with van der Waals surface area (Å²) >= 11 is 0. The summed E-state index contributed by atoms with van der Waals surface area (Å²) in [6.45, 7) is 5.19. The molecule has 128 valence electrons. The molecule has 0 aromatic heterocycles. The van der Waals surface area contributed by atoms with Crippen molar-refractivity contribution in [3.8, 4) is 0 Å². The van der Waals surface area contributed by atoms with Crippen LogP contribution in [0, 0.1) is 0 Å². The van der Waals surface area contributed by atoms with E-state index in [1.54, 1.807) is 0 Å². The summed E-state index contributed by atoms with van der Waals surface area (Å²) < 4.78 is 0. The summed E-state index contributed by atoms with van der Waals surface area (Å²) in [6.07, 6.45) is 0. The maximum Gasteiger partial charge on any atom is 2.00 e. The summed E-state index contributed by atoms with van der Waals surface area (Å²) in [6, 6.07) is 0. The van der Waals surface area contributed by atoms with Gasteiger partial charge in [-0.25, -0.2) is 0 Å². The van der Waals surface area contributed by atoms with Crippen molar-refractivity contribution in [3.63, 3.8) is 0 Å². The van der Waals surface area contributed by atoms with E-state index < -0.39 is 29.8 Å². The van der Waals surface area contributed by atoms with Crippen LogP contribution in [0.5, 0.6) is 0 Å². The minimum Gasteiger partial charge on any atom is -0.550 e. The van der Waals surface area contributed by atoms with Gasteiger partial charge >= 0.3 is 19.5 Å². The molecule has 0 saturated heterocycles. The van der Waals surface area contributed by atoms with Crippen molar-refractivity contribution in [2.75, 3.05) is 0 Å². The molecule has 12 heteroatoms. The summed E-state index contributed by atoms with van der Waals surface area (Å²) in [5.41, 5.74) is 0. The van der Waals surface area contributed by atoms with Gasteiger partial charge in [-0.1, -0.05) is 0 Å². The molecule has 0 spiro atoms. The van der Waals surface area contributed by atoms with Gasteiger partial charge < -0.3 is 35.1 Å². The monoisotopic (exact) mass is 396 g/mol. The molecule has 0 aliphatic heterocycles.